The van der Waals surface area contributed by atoms with E-state index in [2.05, 4.69) is 9.24 Å². The van der Waals surface area contributed by atoms with Gasteiger partial charge in [0.1, 0.15) is 0 Å². The highest BCUT2D eigenvalue weighted by Crippen LogP contribution is 2.18. The third-order valence-electron chi connectivity index (χ3n) is 2.04. The van der Waals surface area contributed by atoms with Crippen molar-refractivity contribution < 1.29 is 10.2 Å². The number of aliphatic hydroxyl groups excluding tert-OH is 2. The lowest BCUT2D eigenvalue weighted by molar-refractivity contribution is 0.193. The third kappa shape index (κ3) is 2.50. The summed E-state index contributed by atoms with van der Waals surface area (Å²) in [6, 6.07) is 5.57. The van der Waals surface area contributed by atoms with Gasteiger partial charge in [-0.15, -0.1) is 9.24 Å². The van der Waals surface area contributed by atoms with Crippen LogP contribution in [0.2, 0.25) is 0 Å². The molecule has 1 rings (SSSR count). The Labute approximate surface area is 80.8 Å². The topological polar surface area (TPSA) is 40.5 Å². The van der Waals surface area contributed by atoms with E-state index >= 15 is 0 Å². The highest BCUT2D eigenvalue weighted by Gasteiger charge is 2.08. The van der Waals surface area contributed by atoms with Gasteiger partial charge in [-0.3, -0.25) is 0 Å². The molecule has 0 fully saturated rings. The average molecular weight is 198 g/mol. The molecule has 2 N–H and O–H groups in total. The van der Waals surface area contributed by atoms with Gasteiger partial charge in [-0.1, -0.05) is 18.2 Å². The van der Waals surface area contributed by atoms with E-state index < -0.39 is 12.2 Å². The molecule has 13 heavy (non-hydrogen) atoms. The Morgan fingerprint density at radius 1 is 1.15 bits per heavy atom. The molecular formula is C10H15O2P. The molecule has 1 aromatic rings. The van der Waals surface area contributed by atoms with Gasteiger partial charge < -0.3 is 10.2 Å². The molecular weight excluding hydrogens is 183 g/mol. The van der Waals surface area contributed by atoms with Gasteiger partial charge in [-0.05, 0) is 30.3 Å². The highest BCUT2D eigenvalue weighted by molar-refractivity contribution is 7.27. The van der Waals surface area contributed by atoms with Crippen molar-refractivity contribution in [2.24, 2.45) is 0 Å². The summed E-state index contributed by atoms with van der Waals surface area (Å²) in [5.74, 6) is 0. The summed E-state index contributed by atoms with van der Waals surface area (Å²) in [4.78, 5) is 0. The lowest BCUT2D eigenvalue weighted by Gasteiger charge is -2.12. The van der Waals surface area contributed by atoms with E-state index in [9.17, 15) is 10.2 Å². The van der Waals surface area contributed by atoms with E-state index in [1.807, 2.05) is 18.2 Å². The standard InChI is InChI=1S/C10H15O2P/c1-6(11)8-3-4-10(13)9(5-8)7(2)12/h3-7,11-12H,13H2,1-2H3. The minimum Gasteiger partial charge on any atom is -0.389 e. The van der Waals surface area contributed by atoms with Crippen molar-refractivity contribution in [2.45, 2.75) is 26.1 Å². The molecule has 0 aliphatic carbocycles. The van der Waals surface area contributed by atoms with E-state index in [-0.39, 0.29) is 0 Å². The maximum absolute atomic E-state index is 9.42. The predicted molar refractivity (Wildman–Crippen MR) is 57.1 cm³/mol. The smallest absolute Gasteiger partial charge is 0.0768 e. The van der Waals surface area contributed by atoms with Gasteiger partial charge in [0.2, 0.25) is 0 Å². The molecule has 0 bridgehead atoms. The first-order valence-electron chi connectivity index (χ1n) is 4.28. The molecule has 0 amide bonds. The van der Waals surface area contributed by atoms with Gasteiger partial charge >= 0.3 is 0 Å². The molecule has 0 saturated heterocycles. The average Bonchev–Trinajstić information content (AvgIpc) is 2.04. The van der Waals surface area contributed by atoms with Crippen LogP contribution in [-0.2, 0) is 0 Å². The molecule has 0 heterocycles. The van der Waals surface area contributed by atoms with Crippen LogP contribution >= 0.6 is 9.24 Å². The summed E-state index contributed by atoms with van der Waals surface area (Å²) in [7, 11) is 2.57. The first kappa shape index (κ1) is 10.6. The molecule has 0 spiro atoms. The van der Waals surface area contributed by atoms with Crippen molar-refractivity contribution in [3.8, 4) is 0 Å². The van der Waals surface area contributed by atoms with Gasteiger partial charge in [-0.2, -0.15) is 0 Å². The zero-order chi connectivity index (χ0) is 10.0. The Morgan fingerprint density at radius 3 is 2.23 bits per heavy atom. The zero-order valence-corrected chi connectivity index (χ0v) is 9.01. The Morgan fingerprint density at radius 2 is 1.77 bits per heavy atom. The maximum atomic E-state index is 9.42. The minimum atomic E-state index is -0.494. The van der Waals surface area contributed by atoms with Crippen molar-refractivity contribution in [3.63, 3.8) is 0 Å². The molecule has 3 atom stereocenters. The van der Waals surface area contributed by atoms with Crippen molar-refractivity contribution in [3.05, 3.63) is 29.3 Å². The summed E-state index contributed by atoms with van der Waals surface area (Å²) in [6.45, 7) is 3.43. The Bertz CT molecular complexity index is 295. The Balaban J connectivity index is 3.11. The molecule has 1 aromatic carbocycles. The van der Waals surface area contributed by atoms with E-state index in [0.717, 1.165) is 16.4 Å². The maximum Gasteiger partial charge on any atom is 0.0768 e. The molecule has 0 aromatic heterocycles. The fraction of sp³-hybridized carbons (Fsp3) is 0.400. The summed E-state index contributed by atoms with van der Waals surface area (Å²) >= 11 is 0. The molecule has 0 radical (unpaired) electrons. The SMILES string of the molecule is CC(O)c1ccc(P)c(C(C)O)c1. The van der Waals surface area contributed by atoms with Crippen LogP contribution in [0.25, 0.3) is 0 Å². The lowest BCUT2D eigenvalue weighted by Crippen LogP contribution is -2.07. The molecule has 0 saturated carbocycles. The van der Waals surface area contributed by atoms with E-state index in [0.29, 0.717) is 0 Å². The van der Waals surface area contributed by atoms with Gasteiger partial charge in [0.05, 0.1) is 12.2 Å². The van der Waals surface area contributed by atoms with Gasteiger partial charge in [0.15, 0.2) is 0 Å². The van der Waals surface area contributed by atoms with E-state index in [4.69, 9.17) is 0 Å². The number of benzene rings is 1. The van der Waals surface area contributed by atoms with Crippen LogP contribution in [0.1, 0.15) is 37.2 Å². The van der Waals surface area contributed by atoms with Gasteiger partial charge in [0.25, 0.3) is 0 Å². The Hall–Kier alpha value is -0.430. The molecule has 2 nitrogen and oxygen atoms in total. The first-order chi connectivity index (χ1) is 6.02. The summed E-state index contributed by atoms with van der Waals surface area (Å²) < 4.78 is 0. The lowest BCUT2D eigenvalue weighted by atomic mass is 10.0. The first-order valence-corrected chi connectivity index (χ1v) is 4.85. The zero-order valence-electron chi connectivity index (χ0n) is 7.86. The Kier molecular flexibility index (Phi) is 3.43. The number of hydrogen-bond donors (Lipinski definition) is 2. The van der Waals surface area contributed by atoms with Crippen LogP contribution in [0.3, 0.4) is 0 Å². The van der Waals surface area contributed by atoms with E-state index in [1.54, 1.807) is 13.8 Å². The number of rotatable bonds is 2. The molecule has 3 heteroatoms. The summed E-state index contributed by atoms with van der Waals surface area (Å²) in [5, 5.41) is 19.7. The quantitative estimate of drug-likeness (QED) is 0.703. The van der Waals surface area contributed by atoms with Crippen LogP contribution in [0.15, 0.2) is 18.2 Å². The second kappa shape index (κ2) is 4.19. The van der Waals surface area contributed by atoms with Crippen LogP contribution in [0.4, 0.5) is 0 Å². The monoisotopic (exact) mass is 198 g/mol. The second-order valence-electron chi connectivity index (χ2n) is 3.24. The molecule has 3 unspecified atom stereocenters. The normalized spacial score (nSPS) is 15.5. The highest BCUT2D eigenvalue weighted by atomic mass is 31.0. The van der Waals surface area contributed by atoms with Crippen LogP contribution in [-0.4, -0.2) is 10.2 Å². The molecule has 0 aliphatic rings. The second-order valence-corrected chi connectivity index (χ2v) is 3.86. The fourth-order valence-corrected chi connectivity index (χ4v) is 1.64. The molecule has 72 valence electrons. The van der Waals surface area contributed by atoms with E-state index in [1.165, 1.54) is 0 Å². The van der Waals surface area contributed by atoms with Crippen molar-refractivity contribution in [2.75, 3.05) is 0 Å². The largest absolute Gasteiger partial charge is 0.389 e. The van der Waals surface area contributed by atoms with Crippen molar-refractivity contribution in [1.29, 1.82) is 0 Å². The van der Waals surface area contributed by atoms with Crippen molar-refractivity contribution in [1.82, 2.24) is 0 Å². The van der Waals surface area contributed by atoms with Crippen LogP contribution < -0.4 is 5.30 Å². The predicted octanol–water partition coefficient (Wildman–Crippen LogP) is 1.29. The summed E-state index contributed by atoms with van der Waals surface area (Å²) in [5.41, 5.74) is 1.69. The minimum absolute atomic E-state index is 0.483. The summed E-state index contributed by atoms with van der Waals surface area (Å²) in [6.07, 6.45) is -0.978. The molecule has 0 aliphatic heterocycles. The van der Waals surface area contributed by atoms with Crippen LogP contribution in [0, 0.1) is 0 Å². The van der Waals surface area contributed by atoms with Crippen LogP contribution in [0.5, 0.6) is 0 Å². The number of hydrogen-bond acceptors (Lipinski definition) is 2. The van der Waals surface area contributed by atoms with Gasteiger partial charge in [0, 0.05) is 0 Å². The third-order valence-corrected chi connectivity index (χ3v) is 2.57. The van der Waals surface area contributed by atoms with Gasteiger partial charge in [-0.25, -0.2) is 0 Å². The fourth-order valence-electron chi connectivity index (χ4n) is 1.21. The number of aliphatic hydroxyl groups is 2. The van der Waals surface area contributed by atoms with Crippen molar-refractivity contribution >= 4 is 14.5 Å².